The zero-order valence-corrected chi connectivity index (χ0v) is 22.0. The maximum absolute atomic E-state index is 13.8. The SMILES string of the molecule is COc1ccc(CN2C/C=C\Cn3c(c4n(c3=O)CCN(C(=O)c3ccc(Br)c(Cl)c3)C4)C2=O)cc1. The zero-order chi connectivity index (χ0) is 25.4. The number of ether oxygens (including phenoxy) is 1. The first-order valence-electron chi connectivity index (χ1n) is 11.5. The number of hydrogen-bond donors (Lipinski definition) is 0. The number of fused-ring (bicyclic) bond motifs is 3. The van der Waals surface area contributed by atoms with Crippen molar-refractivity contribution in [3.8, 4) is 5.75 Å². The molecule has 3 aromatic rings. The number of imidazole rings is 1. The van der Waals surface area contributed by atoms with Crippen molar-refractivity contribution in [1.29, 1.82) is 0 Å². The van der Waals surface area contributed by atoms with Gasteiger partial charge in [-0.05, 0) is 51.8 Å². The molecule has 0 spiro atoms. The van der Waals surface area contributed by atoms with E-state index in [1.807, 2.05) is 36.4 Å². The molecular weight excluding hydrogens is 548 g/mol. The highest BCUT2D eigenvalue weighted by atomic mass is 79.9. The largest absolute Gasteiger partial charge is 0.497 e. The van der Waals surface area contributed by atoms with Crippen molar-refractivity contribution in [2.24, 2.45) is 0 Å². The molecule has 10 heteroatoms. The summed E-state index contributed by atoms with van der Waals surface area (Å²) in [4.78, 5) is 43.6. The molecule has 0 fully saturated rings. The lowest BCUT2D eigenvalue weighted by molar-refractivity contribution is 0.0692. The molecule has 0 unspecified atom stereocenters. The van der Waals surface area contributed by atoms with E-state index in [1.54, 1.807) is 39.7 Å². The fourth-order valence-corrected chi connectivity index (χ4v) is 5.03. The smallest absolute Gasteiger partial charge is 0.329 e. The van der Waals surface area contributed by atoms with Crippen LogP contribution in [0.5, 0.6) is 5.75 Å². The van der Waals surface area contributed by atoms with Crippen LogP contribution in [-0.4, -0.2) is 50.9 Å². The summed E-state index contributed by atoms with van der Waals surface area (Å²) in [5.41, 5.74) is 2.07. The van der Waals surface area contributed by atoms with Crippen molar-refractivity contribution in [3.05, 3.63) is 97.1 Å². The summed E-state index contributed by atoms with van der Waals surface area (Å²) >= 11 is 9.54. The summed E-state index contributed by atoms with van der Waals surface area (Å²) in [5, 5.41) is 0.444. The number of carbonyl (C=O) groups is 2. The molecule has 2 aliphatic heterocycles. The number of methoxy groups -OCH3 is 1. The van der Waals surface area contributed by atoms with Gasteiger partial charge in [-0.25, -0.2) is 4.79 Å². The first kappa shape index (κ1) is 24.4. The van der Waals surface area contributed by atoms with Crippen LogP contribution in [0.3, 0.4) is 0 Å². The van der Waals surface area contributed by atoms with E-state index in [0.29, 0.717) is 59.2 Å². The van der Waals surface area contributed by atoms with Gasteiger partial charge in [-0.1, -0.05) is 35.9 Å². The van der Waals surface area contributed by atoms with E-state index >= 15 is 0 Å². The Hall–Kier alpha value is -3.30. The summed E-state index contributed by atoms with van der Waals surface area (Å²) in [7, 11) is 1.61. The number of amides is 2. The Labute approximate surface area is 221 Å². The predicted octanol–water partition coefficient (Wildman–Crippen LogP) is 3.94. The number of carbonyl (C=O) groups excluding carboxylic acids is 2. The fraction of sp³-hybridized carbons (Fsp3) is 0.269. The number of halogens is 2. The molecule has 2 amide bonds. The van der Waals surface area contributed by atoms with Crippen LogP contribution in [-0.2, 0) is 26.2 Å². The second kappa shape index (κ2) is 9.99. The van der Waals surface area contributed by atoms with Crippen molar-refractivity contribution in [2.75, 3.05) is 20.2 Å². The molecule has 0 N–H and O–H groups in total. The highest BCUT2D eigenvalue weighted by Gasteiger charge is 2.33. The van der Waals surface area contributed by atoms with Crippen molar-refractivity contribution in [1.82, 2.24) is 18.9 Å². The monoisotopic (exact) mass is 570 g/mol. The third-order valence-corrected chi connectivity index (χ3v) is 7.75. The molecule has 36 heavy (non-hydrogen) atoms. The molecular formula is C26H24BrClN4O4. The van der Waals surface area contributed by atoms with Crippen LogP contribution in [0.4, 0.5) is 0 Å². The predicted molar refractivity (Wildman–Crippen MR) is 139 cm³/mol. The fourth-order valence-electron chi connectivity index (χ4n) is 4.61. The minimum atomic E-state index is -0.234. The molecule has 0 bridgehead atoms. The number of hydrogen-bond acceptors (Lipinski definition) is 4. The average molecular weight is 572 g/mol. The van der Waals surface area contributed by atoms with Gasteiger partial charge in [0.05, 0.1) is 24.4 Å². The minimum Gasteiger partial charge on any atom is -0.497 e. The van der Waals surface area contributed by atoms with Crippen LogP contribution in [0.25, 0.3) is 0 Å². The molecule has 5 rings (SSSR count). The van der Waals surface area contributed by atoms with Gasteiger partial charge < -0.3 is 14.5 Å². The molecule has 2 aliphatic rings. The lowest BCUT2D eigenvalue weighted by Gasteiger charge is -2.29. The van der Waals surface area contributed by atoms with Crippen LogP contribution in [0.2, 0.25) is 5.02 Å². The van der Waals surface area contributed by atoms with Gasteiger partial charge in [-0.2, -0.15) is 0 Å². The molecule has 186 valence electrons. The standard InChI is InChI=1S/C26H24BrClN4O4/c1-36-19-7-4-17(5-8-19)15-29-10-2-3-11-32-23(25(29)34)22-16-30(12-13-31(22)26(32)35)24(33)18-6-9-20(27)21(28)14-18/h2-9,14H,10-13,15-16H2,1H3/b3-2-. The van der Waals surface area contributed by atoms with Gasteiger partial charge >= 0.3 is 5.69 Å². The second-order valence-corrected chi connectivity index (χ2v) is 9.96. The van der Waals surface area contributed by atoms with E-state index in [9.17, 15) is 14.4 Å². The van der Waals surface area contributed by atoms with E-state index in [-0.39, 0.29) is 24.0 Å². The first-order valence-corrected chi connectivity index (χ1v) is 12.7. The van der Waals surface area contributed by atoms with Crippen LogP contribution >= 0.6 is 27.5 Å². The van der Waals surface area contributed by atoms with Gasteiger partial charge in [0.1, 0.15) is 11.4 Å². The van der Waals surface area contributed by atoms with Gasteiger partial charge in [-0.3, -0.25) is 18.7 Å². The number of aromatic nitrogens is 2. The van der Waals surface area contributed by atoms with E-state index in [2.05, 4.69) is 15.9 Å². The molecule has 0 radical (unpaired) electrons. The lowest BCUT2D eigenvalue weighted by atomic mass is 10.1. The van der Waals surface area contributed by atoms with Crippen LogP contribution in [0.1, 0.15) is 32.1 Å². The minimum absolute atomic E-state index is 0.163. The quantitative estimate of drug-likeness (QED) is 0.445. The highest BCUT2D eigenvalue weighted by molar-refractivity contribution is 9.10. The number of allylic oxidation sites excluding steroid dienone is 1. The van der Waals surface area contributed by atoms with E-state index < -0.39 is 0 Å². The Kier molecular flexibility index (Phi) is 6.77. The summed E-state index contributed by atoms with van der Waals surface area (Å²) in [6.45, 7) is 1.96. The molecule has 0 saturated heterocycles. The summed E-state index contributed by atoms with van der Waals surface area (Å²) < 4.78 is 9.07. The average Bonchev–Trinajstić information content (AvgIpc) is 3.16. The number of benzene rings is 2. The maximum atomic E-state index is 13.8. The van der Waals surface area contributed by atoms with Crippen molar-refractivity contribution in [2.45, 2.75) is 26.2 Å². The Morgan fingerprint density at radius 3 is 2.50 bits per heavy atom. The van der Waals surface area contributed by atoms with Gasteiger partial charge in [0.2, 0.25) is 0 Å². The maximum Gasteiger partial charge on any atom is 0.329 e. The van der Waals surface area contributed by atoms with Crippen LogP contribution in [0.15, 0.2) is 63.9 Å². The Balaban J connectivity index is 1.47. The summed E-state index contributed by atoms with van der Waals surface area (Å²) in [6, 6.07) is 12.6. The van der Waals surface area contributed by atoms with Crippen molar-refractivity contribution >= 4 is 39.3 Å². The topological polar surface area (TPSA) is 76.8 Å². The third-order valence-electron chi connectivity index (χ3n) is 6.52. The second-order valence-electron chi connectivity index (χ2n) is 8.70. The van der Waals surface area contributed by atoms with Gasteiger partial charge in [0.15, 0.2) is 0 Å². The third kappa shape index (κ3) is 4.49. The number of nitrogens with zero attached hydrogens (tertiary/aromatic N) is 4. The molecule has 1 aromatic heterocycles. The van der Waals surface area contributed by atoms with E-state index in [4.69, 9.17) is 16.3 Å². The Morgan fingerprint density at radius 2 is 1.78 bits per heavy atom. The van der Waals surface area contributed by atoms with E-state index in [0.717, 1.165) is 11.3 Å². The first-order chi connectivity index (χ1) is 17.4. The Bertz CT molecular complexity index is 1430. The Morgan fingerprint density at radius 1 is 1.03 bits per heavy atom. The van der Waals surface area contributed by atoms with Crippen LogP contribution in [0, 0.1) is 0 Å². The molecule has 3 heterocycles. The summed E-state index contributed by atoms with van der Waals surface area (Å²) in [6.07, 6.45) is 3.80. The van der Waals surface area contributed by atoms with Crippen molar-refractivity contribution < 1.29 is 14.3 Å². The highest BCUT2D eigenvalue weighted by Crippen LogP contribution is 2.26. The normalized spacial score (nSPS) is 16.1. The molecule has 0 atom stereocenters. The molecule has 2 aromatic carbocycles. The zero-order valence-electron chi connectivity index (χ0n) is 19.6. The lowest BCUT2D eigenvalue weighted by Crippen LogP contribution is -2.41. The molecule has 0 saturated carbocycles. The van der Waals surface area contributed by atoms with Gasteiger partial charge in [-0.15, -0.1) is 0 Å². The van der Waals surface area contributed by atoms with Gasteiger partial charge in [0, 0.05) is 42.8 Å². The van der Waals surface area contributed by atoms with Gasteiger partial charge in [0.25, 0.3) is 11.8 Å². The van der Waals surface area contributed by atoms with E-state index in [1.165, 1.54) is 4.57 Å². The van der Waals surface area contributed by atoms with Crippen molar-refractivity contribution in [3.63, 3.8) is 0 Å². The van der Waals surface area contributed by atoms with Crippen LogP contribution < -0.4 is 10.4 Å². The molecule has 0 aliphatic carbocycles. The summed E-state index contributed by atoms with van der Waals surface area (Å²) in [5.74, 6) is 0.308. The number of rotatable bonds is 4. The molecule has 8 nitrogen and oxygen atoms in total.